The molecular weight excluding hydrogens is 299 g/mol. The van der Waals surface area contributed by atoms with Gasteiger partial charge in [-0.1, -0.05) is 6.07 Å². The molecule has 8 heteroatoms. The summed E-state index contributed by atoms with van der Waals surface area (Å²) in [6.45, 7) is 1.97. The third-order valence-corrected chi connectivity index (χ3v) is 3.38. The predicted molar refractivity (Wildman–Crippen MR) is 74.3 cm³/mol. The lowest BCUT2D eigenvalue weighted by atomic mass is 10.1. The van der Waals surface area contributed by atoms with E-state index in [-0.39, 0.29) is 36.2 Å². The number of nitrogens with zero attached hydrogens (tertiary/aromatic N) is 1. The highest BCUT2D eigenvalue weighted by Gasteiger charge is 2.32. The van der Waals surface area contributed by atoms with Crippen molar-refractivity contribution in [2.45, 2.75) is 13.1 Å². The standard InChI is InChI=1S/C14H16F3N3O2/c1-9-2-3-10(6-11(9)14(15,16)17)19-7-13(22)20-5-4-18-12(21)8-20/h2-3,6,19H,4-5,7-8H2,1H3,(H,18,21). The summed E-state index contributed by atoms with van der Waals surface area (Å²) in [4.78, 5) is 24.5. The SMILES string of the molecule is Cc1ccc(NCC(=O)N2CCNC(=O)C2)cc1C(F)(F)F. The molecule has 22 heavy (non-hydrogen) atoms. The number of alkyl halides is 3. The molecule has 1 aromatic rings. The number of nitrogens with one attached hydrogen (secondary N) is 2. The average molecular weight is 315 g/mol. The Labute approximate surface area is 125 Å². The number of carbonyl (C=O) groups is 2. The fourth-order valence-electron chi connectivity index (χ4n) is 2.18. The molecule has 0 unspecified atom stereocenters. The lowest BCUT2D eigenvalue weighted by Gasteiger charge is -2.26. The Hall–Kier alpha value is -2.25. The molecule has 1 saturated heterocycles. The lowest BCUT2D eigenvalue weighted by Crippen LogP contribution is -2.51. The van der Waals surface area contributed by atoms with Crippen LogP contribution >= 0.6 is 0 Å². The third kappa shape index (κ3) is 3.90. The summed E-state index contributed by atoms with van der Waals surface area (Å²) in [6, 6.07) is 3.82. The van der Waals surface area contributed by atoms with Gasteiger partial charge in [-0.25, -0.2) is 0 Å². The van der Waals surface area contributed by atoms with Crippen molar-refractivity contribution < 1.29 is 22.8 Å². The number of amides is 2. The Kier molecular flexibility index (Phi) is 4.58. The van der Waals surface area contributed by atoms with Gasteiger partial charge in [0, 0.05) is 18.8 Å². The molecule has 0 atom stereocenters. The van der Waals surface area contributed by atoms with Crippen molar-refractivity contribution in [1.82, 2.24) is 10.2 Å². The summed E-state index contributed by atoms with van der Waals surface area (Å²) in [5.74, 6) is -0.571. The smallest absolute Gasteiger partial charge is 0.376 e. The first-order chi connectivity index (χ1) is 10.3. The summed E-state index contributed by atoms with van der Waals surface area (Å²) in [5.41, 5.74) is -0.396. The monoisotopic (exact) mass is 315 g/mol. The fourth-order valence-corrected chi connectivity index (χ4v) is 2.18. The molecule has 0 radical (unpaired) electrons. The van der Waals surface area contributed by atoms with E-state index in [4.69, 9.17) is 0 Å². The number of anilines is 1. The minimum atomic E-state index is -4.43. The number of piperazine rings is 1. The molecule has 5 nitrogen and oxygen atoms in total. The quantitative estimate of drug-likeness (QED) is 0.886. The van der Waals surface area contributed by atoms with Crippen LogP contribution in [0.3, 0.4) is 0 Å². The maximum Gasteiger partial charge on any atom is 0.416 e. The van der Waals surface area contributed by atoms with Crippen molar-refractivity contribution in [2.24, 2.45) is 0 Å². The Morgan fingerprint density at radius 3 is 2.77 bits per heavy atom. The molecule has 1 aliphatic heterocycles. The summed E-state index contributed by atoms with van der Waals surface area (Å²) in [7, 11) is 0. The van der Waals surface area contributed by atoms with Gasteiger partial charge in [0.15, 0.2) is 0 Å². The lowest BCUT2D eigenvalue weighted by molar-refractivity contribution is -0.138. The summed E-state index contributed by atoms with van der Waals surface area (Å²) in [6.07, 6.45) is -4.43. The highest BCUT2D eigenvalue weighted by molar-refractivity contribution is 5.87. The highest BCUT2D eigenvalue weighted by Crippen LogP contribution is 2.33. The second kappa shape index (κ2) is 6.25. The van der Waals surface area contributed by atoms with Gasteiger partial charge in [-0.05, 0) is 24.6 Å². The molecule has 2 amide bonds. The molecule has 0 saturated carbocycles. The molecule has 0 spiro atoms. The van der Waals surface area contributed by atoms with Gasteiger partial charge in [0.2, 0.25) is 11.8 Å². The van der Waals surface area contributed by atoms with E-state index >= 15 is 0 Å². The number of halogens is 3. The van der Waals surface area contributed by atoms with Gasteiger partial charge < -0.3 is 15.5 Å². The molecule has 2 N–H and O–H groups in total. The number of aryl methyl sites for hydroxylation is 1. The van der Waals surface area contributed by atoms with E-state index in [1.54, 1.807) is 0 Å². The van der Waals surface area contributed by atoms with Crippen molar-refractivity contribution in [3.05, 3.63) is 29.3 Å². The highest BCUT2D eigenvalue weighted by atomic mass is 19.4. The van der Waals surface area contributed by atoms with Gasteiger partial charge in [0.25, 0.3) is 0 Å². The average Bonchev–Trinajstić information content (AvgIpc) is 2.45. The van der Waals surface area contributed by atoms with Crippen molar-refractivity contribution in [1.29, 1.82) is 0 Å². The van der Waals surface area contributed by atoms with Gasteiger partial charge in [-0.3, -0.25) is 9.59 Å². The van der Waals surface area contributed by atoms with Gasteiger partial charge in [-0.2, -0.15) is 13.2 Å². The molecule has 0 aromatic heterocycles. The Morgan fingerprint density at radius 1 is 1.41 bits per heavy atom. The Bertz CT molecular complexity index is 587. The summed E-state index contributed by atoms with van der Waals surface area (Å²) in [5, 5.41) is 5.27. The molecule has 1 fully saturated rings. The zero-order valence-corrected chi connectivity index (χ0v) is 12.0. The van der Waals surface area contributed by atoms with E-state index in [0.717, 1.165) is 6.07 Å². The van der Waals surface area contributed by atoms with E-state index in [0.29, 0.717) is 13.1 Å². The van der Waals surface area contributed by atoms with Crippen LogP contribution in [0.25, 0.3) is 0 Å². The van der Waals surface area contributed by atoms with Crippen molar-refractivity contribution in [2.75, 3.05) is 31.5 Å². The van der Waals surface area contributed by atoms with Crippen LogP contribution in [0.5, 0.6) is 0 Å². The largest absolute Gasteiger partial charge is 0.416 e. The first-order valence-electron chi connectivity index (χ1n) is 6.73. The minimum Gasteiger partial charge on any atom is -0.376 e. The molecule has 0 bridgehead atoms. The zero-order chi connectivity index (χ0) is 16.3. The fraction of sp³-hybridized carbons (Fsp3) is 0.429. The minimum absolute atomic E-state index is 0.0256. The van der Waals surface area contributed by atoms with E-state index in [2.05, 4.69) is 10.6 Å². The third-order valence-electron chi connectivity index (χ3n) is 3.38. The van der Waals surface area contributed by atoms with Crippen molar-refractivity contribution >= 4 is 17.5 Å². The second-order valence-electron chi connectivity index (χ2n) is 5.05. The number of rotatable bonds is 3. The predicted octanol–water partition coefficient (Wildman–Crippen LogP) is 1.38. The van der Waals surface area contributed by atoms with E-state index in [1.165, 1.54) is 24.0 Å². The van der Waals surface area contributed by atoms with Crippen molar-refractivity contribution in [3.8, 4) is 0 Å². The van der Waals surface area contributed by atoms with Crippen LogP contribution in [0.2, 0.25) is 0 Å². The normalized spacial score (nSPS) is 15.5. The van der Waals surface area contributed by atoms with E-state index in [9.17, 15) is 22.8 Å². The molecule has 1 aromatic carbocycles. The van der Waals surface area contributed by atoms with Gasteiger partial charge in [0.05, 0.1) is 18.7 Å². The molecular formula is C14H16F3N3O2. The van der Waals surface area contributed by atoms with Crippen molar-refractivity contribution in [3.63, 3.8) is 0 Å². The van der Waals surface area contributed by atoms with Gasteiger partial charge >= 0.3 is 6.18 Å². The van der Waals surface area contributed by atoms with Crippen LogP contribution in [0.1, 0.15) is 11.1 Å². The first kappa shape index (κ1) is 16.1. The van der Waals surface area contributed by atoms with E-state index in [1.807, 2.05) is 0 Å². The number of carbonyl (C=O) groups excluding carboxylic acids is 2. The van der Waals surface area contributed by atoms with Crippen LogP contribution < -0.4 is 10.6 Å². The number of hydrogen-bond acceptors (Lipinski definition) is 3. The first-order valence-corrected chi connectivity index (χ1v) is 6.73. The number of hydrogen-bond donors (Lipinski definition) is 2. The van der Waals surface area contributed by atoms with Crippen LogP contribution in [-0.4, -0.2) is 42.9 Å². The Balaban J connectivity index is 1.99. The van der Waals surface area contributed by atoms with Crippen LogP contribution in [0.15, 0.2) is 18.2 Å². The maximum atomic E-state index is 12.8. The molecule has 0 aliphatic carbocycles. The van der Waals surface area contributed by atoms with Crippen LogP contribution in [0, 0.1) is 6.92 Å². The number of benzene rings is 1. The molecule has 2 rings (SSSR count). The van der Waals surface area contributed by atoms with Gasteiger partial charge in [-0.15, -0.1) is 0 Å². The van der Waals surface area contributed by atoms with Crippen LogP contribution in [0.4, 0.5) is 18.9 Å². The molecule has 1 aliphatic rings. The Morgan fingerprint density at radius 2 is 2.14 bits per heavy atom. The molecule has 120 valence electrons. The van der Waals surface area contributed by atoms with E-state index < -0.39 is 11.7 Å². The topological polar surface area (TPSA) is 61.4 Å². The molecule has 1 heterocycles. The second-order valence-corrected chi connectivity index (χ2v) is 5.05. The maximum absolute atomic E-state index is 12.8. The van der Waals surface area contributed by atoms with Gasteiger partial charge in [0.1, 0.15) is 0 Å². The zero-order valence-electron chi connectivity index (χ0n) is 12.0. The summed E-state index contributed by atoms with van der Waals surface area (Å²) < 4.78 is 38.4. The van der Waals surface area contributed by atoms with Crippen LogP contribution in [-0.2, 0) is 15.8 Å². The summed E-state index contributed by atoms with van der Waals surface area (Å²) >= 11 is 0.